The van der Waals surface area contributed by atoms with E-state index in [1.54, 1.807) is 0 Å². The number of ether oxygens (including phenoxy) is 1. The Balaban J connectivity index is 1.84. The van der Waals surface area contributed by atoms with E-state index in [1.807, 2.05) is 0 Å². The predicted octanol–water partition coefficient (Wildman–Crippen LogP) is 4.57. The Morgan fingerprint density at radius 3 is 2.33 bits per heavy atom. The molecule has 1 aliphatic carbocycles. The highest BCUT2D eigenvalue weighted by Gasteiger charge is 2.33. The molecule has 0 saturated heterocycles. The van der Waals surface area contributed by atoms with Crippen LogP contribution in [-0.2, 0) is 6.42 Å². The first kappa shape index (κ1) is 16.4. The lowest BCUT2D eigenvalue weighted by Gasteiger charge is -2.40. The number of benzene rings is 1. The van der Waals surface area contributed by atoms with Gasteiger partial charge in [0.1, 0.15) is 11.9 Å². The quantitative estimate of drug-likeness (QED) is 0.876. The normalized spacial score (nSPS) is 22.8. The minimum atomic E-state index is 0.197. The molecule has 0 heterocycles. The summed E-state index contributed by atoms with van der Waals surface area (Å²) in [7, 11) is 0. The summed E-state index contributed by atoms with van der Waals surface area (Å²) in [6.45, 7) is 13.5. The second-order valence-corrected chi connectivity index (χ2v) is 8.69. The zero-order valence-electron chi connectivity index (χ0n) is 14.5. The van der Waals surface area contributed by atoms with E-state index in [9.17, 15) is 0 Å². The van der Waals surface area contributed by atoms with Crippen LogP contribution in [-0.4, -0.2) is 17.7 Å². The highest BCUT2D eigenvalue weighted by atomic mass is 16.5. The Morgan fingerprint density at radius 2 is 1.76 bits per heavy atom. The van der Waals surface area contributed by atoms with Crippen molar-refractivity contribution in [1.82, 2.24) is 5.32 Å². The van der Waals surface area contributed by atoms with E-state index >= 15 is 0 Å². The second kappa shape index (κ2) is 6.00. The summed E-state index contributed by atoms with van der Waals surface area (Å²) in [6, 6.07) is 9.20. The van der Waals surface area contributed by atoms with E-state index in [4.69, 9.17) is 4.74 Å². The molecule has 118 valence electrons. The van der Waals surface area contributed by atoms with Gasteiger partial charge in [0.2, 0.25) is 0 Å². The maximum atomic E-state index is 6.11. The van der Waals surface area contributed by atoms with Crippen LogP contribution in [0.4, 0.5) is 0 Å². The average Bonchev–Trinajstić information content (AvgIpc) is 2.22. The number of nitrogens with one attached hydrogen (secondary N) is 1. The van der Waals surface area contributed by atoms with Gasteiger partial charge < -0.3 is 10.1 Å². The maximum Gasteiger partial charge on any atom is 0.119 e. The Labute approximate surface area is 130 Å². The summed E-state index contributed by atoms with van der Waals surface area (Å²) in [5.41, 5.74) is 1.88. The molecule has 1 aliphatic rings. The highest BCUT2D eigenvalue weighted by molar-refractivity contribution is 5.29. The fraction of sp³-hybridized carbons (Fsp3) is 0.684. The molecule has 2 heteroatoms. The number of rotatable bonds is 4. The van der Waals surface area contributed by atoms with Crippen LogP contribution in [0.15, 0.2) is 24.3 Å². The molecule has 0 bridgehead atoms. The van der Waals surface area contributed by atoms with Crippen LogP contribution in [0.2, 0.25) is 0 Å². The van der Waals surface area contributed by atoms with Crippen molar-refractivity contribution in [1.29, 1.82) is 0 Å². The van der Waals surface area contributed by atoms with E-state index in [0.29, 0.717) is 17.6 Å². The second-order valence-electron chi connectivity index (χ2n) is 8.69. The molecule has 0 aliphatic heterocycles. The topological polar surface area (TPSA) is 21.3 Å². The van der Waals surface area contributed by atoms with Crippen LogP contribution >= 0.6 is 0 Å². The zero-order valence-corrected chi connectivity index (χ0v) is 14.5. The van der Waals surface area contributed by atoms with E-state index in [2.05, 4.69) is 71.1 Å². The van der Waals surface area contributed by atoms with Gasteiger partial charge in [-0.3, -0.25) is 0 Å². The third-order valence-electron chi connectivity index (χ3n) is 3.67. The van der Waals surface area contributed by atoms with E-state index in [0.717, 1.165) is 25.0 Å². The Morgan fingerprint density at radius 1 is 1.10 bits per heavy atom. The third kappa shape index (κ3) is 5.70. The molecular weight excluding hydrogens is 258 g/mol. The first-order valence-electron chi connectivity index (χ1n) is 8.14. The van der Waals surface area contributed by atoms with Gasteiger partial charge in [0.05, 0.1) is 0 Å². The summed E-state index contributed by atoms with van der Waals surface area (Å²) in [6.07, 6.45) is 3.68. The Kier molecular flexibility index (Phi) is 4.67. The lowest BCUT2D eigenvalue weighted by molar-refractivity contribution is 0.0733. The van der Waals surface area contributed by atoms with Crippen LogP contribution < -0.4 is 10.1 Å². The highest BCUT2D eigenvalue weighted by Crippen LogP contribution is 2.29. The largest absolute Gasteiger partial charge is 0.490 e. The molecule has 1 aromatic rings. The molecule has 1 N–H and O–H groups in total. The molecule has 1 saturated carbocycles. The predicted molar refractivity (Wildman–Crippen MR) is 89.9 cm³/mol. The molecule has 0 atom stereocenters. The molecule has 2 rings (SSSR count). The van der Waals surface area contributed by atoms with Gasteiger partial charge in [-0.2, -0.15) is 0 Å². The maximum absolute atomic E-state index is 6.11. The van der Waals surface area contributed by atoms with Crippen LogP contribution in [0.25, 0.3) is 0 Å². The number of hydrogen-bond acceptors (Lipinski definition) is 2. The van der Waals surface area contributed by atoms with Crippen molar-refractivity contribution in [3.63, 3.8) is 0 Å². The molecular formula is C19H31NO. The van der Waals surface area contributed by atoms with Crippen molar-refractivity contribution < 1.29 is 4.74 Å². The summed E-state index contributed by atoms with van der Waals surface area (Å²) < 4.78 is 6.11. The van der Waals surface area contributed by atoms with Crippen molar-refractivity contribution >= 4 is 0 Å². The molecule has 0 radical (unpaired) electrons. The summed E-state index contributed by atoms with van der Waals surface area (Å²) in [5, 5.41) is 3.63. The Hall–Kier alpha value is -1.02. The lowest BCUT2D eigenvalue weighted by Crippen LogP contribution is -2.53. The first-order chi connectivity index (χ1) is 9.61. The fourth-order valence-corrected chi connectivity index (χ4v) is 2.93. The van der Waals surface area contributed by atoms with Gasteiger partial charge in [0.15, 0.2) is 0 Å². The van der Waals surface area contributed by atoms with Gasteiger partial charge in [-0.1, -0.05) is 32.9 Å². The molecule has 21 heavy (non-hydrogen) atoms. The minimum Gasteiger partial charge on any atom is -0.490 e. The monoisotopic (exact) mass is 289 g/mol. The van der Waals surface area contributed by atoms with Crippen molar-refractivity contribution in [3.8, 4) is 5.75 Å². The van der Waals surface area contributed by atoms with Crippen molar-refractivity contribution in [2.24, 2.45) is 5.41 Å². The molecule has 0 unspecified atom stereocenters. The zero-order chi connectivity index (χ0) is 15.7. The molecule has 0 spiro atoms. The van der Waals surface area contributed by atoms with E-state index < -0.39 is 0 Å². The minimum absolute atomic E-state index is 0.197. The van der Waals surface area contributed by atoms with Gasteiger partial charge in [0.25, 0.3) is 0 Å². The van der Waals surface area contributed by atoms with Crippen LogP contribution in [0.5, 0.6) is 5.75 Å². The Bertz CT molecular complexity index is 461. The van der Waals surface area contributed by atoms with Gasteiger partial charge in [-0.15, -0.1) is 0 Å². The molecule has 1 fully saturated rings. The van der Waals surface area contributed by atoms with Crippen LogP contribution in [0.3, 0.4) is 0 Å². The summed E-state index contributed by atoms with van der Waals surface area (Å²) in [4.78, 5) is 0. The van der Waals surface area contributed by atoms with Crippen molar-refractivity contribution in [2.75, 3.05) is 0 Å². The van der Waals surface area contributed by atoms with Gasteiger partial charge >= 0.3 is 0 Å². The standard InChI is InChI=1S/C19H31NO/c1-18(2,3)13-14-8-7-9-16(10-14)21-17-11-15(12-17)20-19(4,5)6/h7-10,15,17,20H,11-13H2,1-6H3/t15-,17+. The molecule has 0 amide bonds. The summed E-state index contributed by atoms with van der Waals surface area (Å²) >= 11 is 0. The lowest BCUT2D eigenvalue weighted by atomic mass is 9.87. The van der Waals surface area contributed by atoms with E-state index in [-0.39, 0.29) is 5.54 Å². The average molecular weight is 289 g/mol. The third-order valence-corrected chi connectivity index (χ3v) is 3.67. The first-order valence-corrected chi connectivity index (χ1v) is 8.14. The van der Waals surface area contributed by atoms with Gasteiger partial charge in [-0.25, -0.2) is 0 Å². The molecule has 2 nitrogen and oxygen atoms in total. The van der Waals surface area contributed by atoms with E-state index in [1.165, 1.54) is 5.56 Å². The summed E-state index contributed by atoms with van der Waals surface area (Å²) in [5.74, 6) is 1.02. The van der Waals surface area contributed by atoms with Crippen molar-refractivity contribution in [3.05, 3.63) is 29.8 Å². The van der Waals surface area contributed by atoms with Gasteiger partial charge in [-0.05, 0) is 63.1 Å². The SMILES string of the molecule is CC(C)(C)Cc1cccc(O[C@H]2C[C@@H](NC(C)(C)C)C2)c1. The fourth-order valence-electron chi connectivity index (χ4n) is 2.93. The number of hydrogen-bond donors (Lipinski definition) is 1. The van der Waals surface area contributed by atoms with Crippen molar-refractivity contribution in [2.45, 2.75) is 78.5 Å². The molecule has 0 aromatic heterocycles. The smallest absolute Gasteiger partial charge is 0.119 e. The van der Waals surface area contributed by atoms with Gasteiger partial charge in [0, 0.05) is 11.6 Å². The van der Waals surface area contributed by atoms with Crippen LogP contribution in [0, 0.1) is 5.41 Å². The van der Waals surface area contributed by atoms with Crippen LogP contribution in [0.1, 0.15) is 59.9 Å². The molecule has 1 aromatic carbocycles.